The zero-order valence-electron chi connectivity index (χ0n) is 12.9. The number of aromatic nitrogens is 2. The third-order valence-corrected chi connectivity index (χ3v) is 3.82. The van der Waals surface area contributed by atoms with Crippen molar-refractivity contribution in [2.75, 3.05) is 5.32 Å². The third kappa shape index (κ3) is 3.27. The van der Waals surface area contributed by atoms with E-state index in [9.17, 15) is 4.79 Å². The van der Waals surface area contributed by atoms with E-state index in [2.05, 4.69) is 10.4 Å². The number of halogens is 1. The molecular formula is C18H16ClN3O. The number of nitrogens with one attached hydrogen (secondary N) is 1. The lowest BCUT2D eigenvalue weighted by molar-refractivity contribution is 0.102. The molecule has 3 rings (SSSR count). The van der Waals surface area contributed by atoms with Gasteiger partial charge in [0.25, 0.3) is 5.91 Å². The van der Waals surface area contributed by atoms with E-state index in [0.29, 0.717) is 16.3 Å². The topological polar surface area (TPSA) is 46.9 Å². The van der Waals surface area contributed by atoms with Crippen molar-refractivity contribution in [3.63, 3.8) is 0 Å². The van der Waals surface area contributed by atoms with E-state index in [0.717, 1.165) is 16.9 Å². The first-order valence-corrected chi connectivity index (χ1v) is 7.61. The molecular weight excluding hydrogens is 310 g/mol. The number of carbonyl (C=O) groups excluding carboxylic acids is 1. The molecule has 0 spiro atoms. The molecule has 0 aliphatic rings. The second kappa shape index (κ2) is 6.26. The van der Waals surface area contributed by atoms with Crippen LogP contribution in [0.15, 0.2) is 54.7 Å². The average molecular weight is 326 g/mol. The van der Waals surface area contributed by atoms with Gasteiger partial charge in [-0.25, -0.2) is 4.68 Å². The lowest BCUT2D eigenvalue weighted by Crippen LogP contribution is -2.13. The number of aryl methyl sites for hydroxylation is 1. The summed E-state index contributed by atoms with van der Waals surface area (Å²) in [7, 11) is 0. The van der Waals surface area contributed by atoms with Crippen molar-refractivity contribution in [3.05, 3.63) is 76.6 Å². The van der Waals surface area contributed by atoms with Crippen LogP contribution in [0.3, 0.4) is 0 Å². The van der Waals surface area contributed by atoms with Gasteiger partial charge >= 0.3 is 0 Å². The van der Waals surface area contributed by atoms with Crippen LogP contribution in [-0.2, 0) is 0 Å². The van der Waals surface area contributed by atoms with Gasteiger partial charge < -0.3 is 5.32 Å². The highest BCUT2D eigenvalue weighted by Gasteiger charge is 2.15. The van der Waals surface area contributed by atoms with Crippen molar-refractivity contribution in [1.82, 2.24) is 9.78 Å². The van der Waals surface area contributed by atoms with Crippen LogP contribution in [0.1, 0.15) is 21.6 Å². The summed E-state index contributed by atoms with van der Waals surface area (Å²) in [5, 5.41) is 7.76. The Balaban J connectivity index is 1.88. The maximum absolute atomic E-state index is 12.5. The summed E-state index contributed by atoms with van der Waals surface area (Å²) in [6.07, 6.45) is 1.58. The Labute approximate surface area is 139 Å². The second-order valence-corrected chi connectivity index (χ2v) is 5.80. The standard InChI is InChI=1S/C18H16ClN3O/c1-12-5-3-8-16(9-12)22-13(2)17(11-20-22)18(23)21-15-7-4-6-14(19)10-15/h3-11H,1-2H3,(H,21,23). The Morgan fingerprint density at radius 3 is 2.65 bits per heavy atom. The summed E-state index contributed by atoms with van der Waals surface area (Å²) in [6.45, 7) is 3.90. The molecule has 0 fully saturated rings. The summed E-state index contributed by atoms with van der Waals surface area (Å²) in [5.74, 6) is -0.205. The molecule has 0 saturated heterocycles. The van der Waals surface area contributed by atoms with Gasteiger partial charge in [-0.2, -0.15) is 5.10 Å². The van der Waals surface area contributed by atoms with Gasteiger partial charge in [0.2, 0.25) is 0 Å². The molecule has 2 aromatic carbocycles. The van der Waals surface area contributed by atoms with Crippen LogP contribution in [0, 0.1) is 13.8 Å². The van der Waals surface area contributed by atoms with Crippen molar-refractivity contribution in [2.45, 2.75) is 13.8 Å². The maximum atomic E-state index is 12.5. The first kappa shape index (κ1) is 15.3. The molecule has 0 bridgehead atoms. The smallest absolute Gasteiger partial charge is 0.259 e. The second-order valence-electron chi connectivity index (χ2n) is 5.36. The van der Waals surface area contributed by atoms with Crippen LogP contribution in [0.4, 0.5) is 5.69 Å². The summed E-state index contributed by atoms with van der Waals surface area (Å²) in [5.41, 5.74) is 4.05. The largest absolute Gasteiger partial charge is 0.322 e. The fraction of sp³-hybridized carbons (Fsp3) is 0.111. The minimum atomic E-state index is -0.205. The van der Waals surface area contributed by atoms with Gasteiger partial charge in [-0.3, -0.25) is 4.79 Å². The van der Waals surface area contributed by atoms with E-state index >= 15 is 0 Å². The molecule has 0 saturated carbocycles. The van der Waals surface area contributed by atoms with Crippen LogP contribution >= 0.6 is 11.6 Å². The molecule has 1 amide bonds. The molecule has 0 radical (unpaired) electrons. The Hall–Kier alpha value is -2.59. The number of rotatable bonds is 3. The van der Waals surface area contributed by atoms with E-state index in [4.69, 9.17) is 11.6 Å². The van der Waals surface area contributed by atoms with Crippen LogP contribution in [0.2, 0.25) is 5.02 Å². The van der Waals surface area contributed by atoms with Crippen molar-refractivity contribution in [3.8, 4) is 5.69 Å². The first-order chi connectivity index (χ1) is 11.0. The van der Waals surface area contributed by atoms with Gasteiger partial charge in [0.15, 0.2) is 0 Å². The lowest BCUT2D eigenvalue weighted by atomic mass is 10.2. The zero-order valence-corrected chi connectivity index (χ0v) is 13.6. The number of benzene rings is 2. The van der Waals surface area contributed by atoms with Crippen LogP contribution < -0.4 is 5.32 Å². The van der Waals surface area contributed by atoms with Gasteiger partial charge in [0.1, 0.15) is 0 Å². The zero-order chi connectivity index (χ0) is 16.4. The van der Waals surface area contributed by atoms with E-state index in [1.54, 1.807) is 35.1 Å². The lowest BCUT2D eigenvalue weighted by Gasteiger charge is -2.07. The molecule has 5 heteroatoms. The van der Waals surface area contributed by atoms with Crippen LogP contribution in [0.5, 0.6) is 0 Å². The molecule has 1 heterocycles. The molecule has 1 N–H and O–H groups in total. The number of hydrogen-bond acceptors (Lipinski definition) is 2. The van der Waals surface area contributed by atoms with E-state index in [-0.39, 0.29) is 5.91 Å². The maximum Gasteiger partial charge on any atom is 0.259 e. The van der Waals surface area contributed by atoms with Gasteiger partial charge in [0, 0.05) is 10.7 Å². The summed E-state index contributed by atoms with van der Waals surface area (Å²) >= 11 is 5.94. The van der Waals surface area contributed by atoms with Crippen LogP contribution in [0.25, 0.3) is 5.69 Å². The summed E-state index contributed by atoms with van der Waals surface area (Å²) < 4.78 is 1.76. The third-order valence-electron chi connectivity index (χ3n) is 3.58. The van der Waals surface area contributed by atoms with Gasteiger partial charge in [-0.1, -0.05) is 29.8 Å². The SMILES string of the molecule is Cc1cccc(-n2ncc(C(=O)Nc3cccc(Cl)c3)c2C)c1. The summed E-state index contributed by atoms with van der Waals surface area (Å²) in [4.78, 5) is 12.5. The van der Waals surface area contributed by atoms with E-state index in [1.165, 1.54) is 0 Å². The Bertz CT molecular complexity index is 870. The molecule has 23 heavy (non-hydrogen) atoms. The number of hydrogen-bond donors (Lipinski definition) is 1. The quantitative estimate of drug-likeness (QED) is 0.776. The van der Waals surface area contributed by atoms with Crippen molar-refractivity contribution in [2.24, 2.45) is 0 Å². The molecule has 0 atom stereocenters. The van der Waals surface area contributed by atoms with Crippen LogP contribution in [-0.4, -0.2) is 15.7 Å². The van der Waals surface area contributed by atoms with Gasteiger partial charge in [-0.05, 0) is 49.7 Å². The average Bonchev–Trinajstić information content (AvgIpc) is 2.89. The van der Waals surface area contributed by atoms with Crippen molar-refractivity contribution < 1.29 is 4.79 Å². The fourth-order valence-electron chi connectivity index (χ4n) is 2.42. The molecule has 3 aromatic rings. The molecule has 116 valence electrons. The Morgan fingerprint density at radius 2 is 1.91 bits per heavy atom. The highest BCUT2D eigenvalue weighted by atomic mass is 35.5. The molecule has 4 nitrogen and oxygen atoms in total. The Kier molecular flexibility index (Phi) is 4.17. The first-order valence-electron chi connectivity index (χ1n) is 7.23. The van der Waals surface area contributed by atoms with Crippen molar-refractivity contribution in [1.29, 1.82) is 0 Å². The van der Waals surface area contributed by atoms with Gasteiger partial charge in [-0.15, -0.1) is 0 Å². The summed E-state index contributed by atoms with van der Waals surface area (Å²) in [6, 6.07) is 15.0. The minimum Gasteiger partial charge on any atom is -0.322 e. The number of amides is 1. The van der Waals surface area contributed by atoms with Crippen molar-refractivity contribution >= 4 is 23.2 Å². The predicted octanol–water partition coefficient (Wildman–Crippen LogP) is 4.39. The molecule has 0 aliphatic carbocycles. The number of anilines is 1. The van der Waals surface area contributed by atoms with E-state index in [1.807, 2.05) is 38.1 Å². The normalized spacial score (nSPS) is 10.6. The number of nitrogens with zero attached hydrogens (tertiary/aromatic N) is 2. The fourth-order valence-corrected chi connectivity index (χ4v) is 2.61. The highest BCUT2D eigenvalue weighted by Crippen LogP contribution is 2.19. The Morgan fingerprint density at radius 1 is 1.13 bits per heavy atom. The molecule has 0 unspecified atom stereocenters. The number of carbonyl (C=O) groups is 1. The monoisotopic (exact) mass is 325 g/mol. The minimum absolute atomic E-state index is 0.205. The molecule has 0 aliphatic heterocycles. The molecule has 1 aromatic heterocycles. The van der Waals surface area contributed by atoms with Gasteiger partial charge in [0.05, 0.1) is 23.1 Å². The van der Waals surface area contributed by atoms with E-state index < -0.39 is 0 Å². The predicted molar refractivity (Wildman–Crippen MR) is 92.4 cm³/mol. The highest BCUT2D eigenvalue weighted by molar-refractivity contribution is 6.30.